The Labute approximate surface area is 117 Å². The van der Waals surface area contributed by atoms with Gasteiger partial charge >= 0.3 is 6.09 Å². The first-order chi connectivity index (χ1) is 8.80. The van der Waals surface area contributed by atoms with Gasteiger partial charge < -0.3 is 9.64 Å². The van der Waals surface area contributed by atoms with Crippen molar-refractivity contribution in [3.05, 3.63) is 0 Å². The van der Waals surface area contributed by atoms with E-state index in [-0.39, 0.29) is 11.6 Å². The number of carbonyl (C=O) groups is 1. The normalized spacial score (nSPS) is 24.5. The minimum absolute atomic E-state index is 0.157. The fraction of sp³-hybridized carbons (Fsp3) is 0.933. The molecule has 0 saturated carbocycles. The second kappa shape index (κ2) is 5.31. The Morgan fingerprint density at radius 1 is 1.05 bits per heavy atom. The van der Waals surface area contributed by atoms with Gasteiger partial charge in [-0.05, 0) is 66.5 Å². The van der Waals surface area contributed by atoms with E-state index in [4.69, 9.17) is 4.74 Å². The molecule has 19 heavy (non-hydrogen) atoms. The number of hydrogen-bond acceptors (Lipinski definition) is 3. The van der Waals surface area contributed by atoms with Crippen LogP contribution in [0.4, 0.5) is 4.79 Å². The summed E-state index contributed by atoms with van der Waals surface area (Å²) in [7, 11) is 0. The molecule has 0 aliphatic carbocycles. The number of rotatable bonds is 1. The van der Waals surface area contributed by atoms with E-state index in [0.29, 0.717) is 0 Å². The van der Waals surface area contributed by atoms with Gasteiger partial charge in [0.2, 0.25) is 0 Å². The van der Waals surface area contributed by atoms with Gasteiger partial charge in [-0.25, -0.2) is 4.79 Å². The predicted molar refractivity (Wildman–Crippen MR) is 76.3 cm³/mol. The zero-order chi connectivity index (χ0) is 14.1. The van der Waals surface area contributed by atoms with Crippen LogP contribution in [-0.2, 0) is 4.74 Å². The van der Waals surface area contributed by atoms with Crippen LogP contribution in [0.5, 0.6) is 0 Å². The SMILES string of the molecule is CC(C)(C)OC(=O)N1CCC(C)(N2CCCC2)CC1. The summed E-state index contributed by atoms with van der Waals surface area (Å²) < 4.78 is 5.44. The van der Waals surface area contributed by atoms with Crippen molar-refractivity contribution in [3.63, 3.8) is 0 Å². The fourth-order valence-electron chi connectivity index (χ4n) is 3.07. The maximum atomic E-state index is 12.0. The molecule has 0 spiro atoms. The minimum atomic E-state index is -0.396. The van der Waals surface area contributed by atoms with Crippen LogP contribution in [0.1, 0.15) is 53.4 Å². The lowest BCUT2D eigenvalue weighted by Gasteiger charge is -2.45. The maximum absolute atomic E-state index is 12.0. The highest BCUT2D eigenvalue weighted by atomic mass is 16.6. The van der Waals surface area contributed by atoms with Crippen molar-refractivity contribution in [1.82, 2.24) is 9.80 Å². The van der Waals surface area contributed by atoms with Crippen LogP contribution in [0.25, 0.3) is 0 Å². The Morgan fingerprint density at radius 2 is 1.58 bits per heavy atom. The first kappa shape index (κ1) is 14.6. The molecule has 0 aromatic rings. The summed E-state index contributed by atoms with van der Waals surface area (Å²) in [6.07, 6.45) is 4.62. The molecule has 1 amide bonds. The number of likely N-dealkylation sites (tertiary alicyclic amines) is 2. The zero-order valence-electron chi connectivity index (χ0n) is 12.9. The highest BCUT2D eigenvalue weighted by Crippen LogP contribution is 2.31. The van der Waals surface area contributed by atoms with Crippen LogP contribution in [0.2, 0.25) is 0 Å². The van der Waals surface area contributed by atoms with Crippen molar-refractivity contribution in [2.24, 2.45) is 0 Å². The Hall–Kier alpha value is -0.770. The van der Waals surface area contributed by atoms with E-state index in [2.05, 4.69) is 11.8 Å². The number of nitrogens with zero attached hydrogens (tertiary/aromatic N) is 2. The van der Waals surface area contributed by atoms with Gasteiger partial charge in [0.15, 0.2) is 0 Å². The molecule has 0 aromatic heterocycles. The molecule has 0 atom stereocenters. The third-order valence-corrected chi connectivity index (χ3v) is 4.36. The number of carbonyl (C=O) groups excluding carboxylic acids is 1. The summed E-state index contributed by atoms with van der Waals surface area (Å²) in [6.45, 7) is 12.2. The van der Waals surface area contributed by atoms with Gasteiger partial charge in [-0.15, -0.1) is 0 Å². The quantitative estimate of drug-likeness (QED) is 0.733. The average Bonchev–Trinajstić information content (AvgIpc) is 2.81. The van der Waals surface area contributed by atoms with E-state index < -0.39 is 5.60 Å². The highest BCUT2D eigenvalue weighted by Gasteiger charge is 2.38. The molecule has 2 rings (SSSR count). The minimum Gasteiger partial charge on any atom is -0.444 e. The largest absolute Gasteiger partial charge is 0.444 e. The van der Waals surface area contributed by atoms with Crippen LogP contribution in [0.3, 0.4) is 0 Å². The Morgan fingerprint density at radius 3 is 2.05 bits per heavy atom. The molecular formula is C15H28N2O2. The van der Waals surface area contributed by atoms with Crippen molar-refractivity contribution in [2.75, 3.05) is 26.2 Å². The smallest absolute Gasteiger partial charge is 0.410 e. The van der Waals surface area contributed by atoms with E-state index in [9.17, 15) is 4.79 Å². The Balaban J connectivity index is 1.86. The van der Waals surface area contributed by atoms with Gasteiger partial charge in [0.25, 0.3) is 0 Å². The number of piperidine rings is 1. The summed E-state index contributed by atoms with van der Waals surface area (Å²) in [6, 6.07) is 0. The molecule has 0 bridgehead atoms. The van der Waals surface area contributed by atoms with Crippen molar-refractivity contribution in [1.29, 1.82) is 0 Å². The monoisotopic (exact) mass is 268 g/mol. The molecule has 0 aromatic carbocycles. The first-order valence-corrected chi connectivity index (χ1v) is 7.53. The van der Waals surface area contributed by atoms with Crippen LogP contribution < -0.4 is 0 Å². The van der Waals surface area contributed by atoms with Crippen molar-refractivity contribution >= 4 is 6.09 Å². The number of hydrogen-bond donors (Lipinski definition) is 0. The van der Waals surface area contributed by atoms with Gasteiger partial charge in [-0.3, -0.25) is 4.90 Å². The van der Waals surface area contributed by atoms with Gasteiger partial charge in [0.1, 0.15) is 5.60 Å². The molecule has 2 fully saturated rings. The molecule has 0 radical (unpaired) electrons. The van der Waals surface area contributed by atoms with Crippen LogP contribution in [0.15, 0.2) is 0 Å². The van der Waals surface area contributed by atoms with Gasteiger partial charge in [0, 0.05) is 18.6 Å². The number of amides is 1. The Bertz CT molecular complexity index is 322. The lowest BCUT2D eigenvalue weighted by molar-refractivity contribution is 0.00271. The second-order valence-electron chi connectivity index (χ2n) is 7.16. The molecule has 4 nitrogen and oxygen atoms in total. The standard InChI is InChI=1S/C15H28N2O2/c1-14(2,3)19-13(18)16-11-7-15(4,8-12-16)17-9-5-6-10-17/h5-12H2,1-4H3. The van der Waals surface area contributed by atoms with E-state index in [1.807, 2.05) is 25.7 Å². The topological polar surface area (TPSA) is 32.8 Å². The zero-order valence-corrected chi connectivity index (χ0v) is 12.9. The van der Waals surface area contributed by atoms with E-state index in [1.165, 1.54) is 25.9 Å². The molecule has 2 aliphatic rings. The maximum Gasteiger partial charge on any atom is 0.410 e. The van der Waals surface area contributed by atoms with Crippen molar-refractivity contribution in [2.45, 2.75) is 64.5 Å². The van der Waals surface area contributed by atoms with Gasteiger partial charge in [0.05, 0.1) is 0 Å². The van der Waals surface area contributed by atoms with E-state index in [1.54, 1.807) is 0 Å². The van der Waals surface area contributed by atoms with E-state index in [0.717, 1.165) is 25.9 Å². The third kappa shape index (κ3) is 3.62. The van der Waals surface area contributed by atoms with Crippen molar-refractivity contribution < 1.29 is 9.53 Å². The second-order valence-corrected chi connectivity index (χ2v) is 7.16. The summed E-state index contributed by atoms with van der Waals surface area (Å²) in [5.74, 6) is 0. The van der Waals surface area contributed by atoms with Gasteiger partial charge in [-0.2, -0.15) is 0 Å². The molecule has 2 saturated heterocycles. The summed E-state index contributed by atoms with van der Waals surface area (Å²) in [5.41, 5.74) is -0.109. The van der Waals surface area contributed by atoms with Crippen LogP contribution >= 0.6 is 0 Å². The summed E-state index contributed by atoms with van der Waals surface area (Å²) in [4.78, 5) is 16.5. The lowest BCUT2D eigenvalue weighted by atomic mass is 9.88. The molecule has 110 valence electrons. The first-order valence-electron chi connectivity index (χ1n) is 7.53. The van der Waals surface area contributed by atoms with Crippen molar-refractivity contribution in [3.8, 4) is 0 Å². The van der Waals surface area contributed by atoms with Crippen LogP contribution in [0, 0.1) is 0 Å². The highest BCUT2D eigenvalue weighted by molar-refractivity contribution is 5.68. The molecule has 4 heteroatoms. The third-order valence-electron chi connectivity index (χ3n) is 4.36. The predicted octanol–water partition coefficient (Wildman–Crippen LogP) is 2.87. The molecule has 2 aliphatic heterocycles. The van der Waals surface area contributed by atoms with Crippen LogP contribution in [-0.4, -0.2) is 53.2 Å². The lowest BCUT2D eigenvalue weighted by Crippen LogP contribution is -2.54. The molecular weight excluding hydrogens is 240 g/mol. The fourth-order valence-corrected chi connectivity index (χ4v) is 3.07. The van der Waals surface area contributed by atoms with Gasteiger partial charge in [-0.1, -0.05) is 0 Å². The Kier molecular flexibility index (Phi) is 4.09. The molecule has 0 N–H and O–H groups in total. The molecule has 0 unspecified atom stereocenters. The summed E-state index contributed by atoms with van der Waals surface area (Å²) >= 11 is 0. The molecule has 2 heterocycles. The number of ether oxygens (including phenoxy) is 1. The van der Waals surface area contributed by atoms with E-state index >= 15 is 0 Å². The summed E-state index contributed by atoms with van der Waals surface area (Å²) in [5, 5.41) is 0. The average molecular weight is 268 g/mol.